The monoisotopic (exact) mass is 307 g/mol. The molecule has 2 N–H and O–H groups in total. The molecular weight excluding hydrogens is 297 g/mol. The molecule has 0 saturated carbocycles. The van der Waals surface area contributed by atoms with Crippen molar-refractivity contribution in [2.24, 2.45) is 0 Å². The highest BCUT2D eigenvalue weighted by Gasteiger charge is 2.14. The smallest absolute Gasteiger partial charge is 0.195 e. The summed E-state index contributed by atoms with van der Waals surface area (Å²) in [6, 6.07) is 9.27. The molecule has 2 rings (SSSR count). The maximum absolute atomic E-state index is 13.3. The minimum Gasteiger partial charge on any atom is -0.398 e. The van der Waals surface area contributed by atoms with E-state index >= 15 is 0 Å². The molecule has 0 aromatic heterocycles. The van der Waals surface area contributed by atoms with Crippen LogP contribution in [0.3, 0.4) is 0 Å². The van der Waals surface area contributed by atoms with Crippen molar-refractivity contribution >= 4 is 27.4 Å². The molecule has 0 aliphatic heterocycles. The number of benzene rings is 2. The molecule has 0 atom stereocenters. The average Bonchev–Trinajstić information content (AvgIpc) is 2.30. The number of ketones is 1. The van der Waals surface area contributed by atoms with Crippen LogP contribution in [-0.2, 0) is 0 Å². The van der Waals surface area contributed by atoms with Crippen LogP contribution in [0.2, 0.25) is 0 Å². The Labute approximate surface area is 113 Å². The Hall–Kier alpha value is -1.68. The highest BCUT2D eigenvalue weighted by Crippen LogP contribution is 2.22. The number of hydrogen-bond acceptors (Lipinski definition) is 2. The first-order chi connectivity index (χ1) is 8.47. The van der Waals surface area contributed by atoms with E-state index in [0.29, 0.717) is 22.4 Å². The quantitative estimate of drug-likeness (QED) is 0.679. The summed E-state index contributed by atoms with van der Waals surface area (Å²) in [5, 5.41) is 0. The van der Waals surface area contributed by atoms with Crippen molar-refractivity contribution in [2.75, 3.05) is 5.73 Å². The van der Waals surface area contributed by atoms with Crippen molar-refractivity contribution in [3.63, 3.8) is 0 Å². The van der Waals surface area contributed by atoms with Crippen molar-refractivity contribution in [2.45, 2.75) is 6.92 Å². The van der Waals surface area contributed by atoms with Gasteiger partial charge >= 0.3 is 0 Å². The lowest BCUT2D eigenvalue weighted by Gasteiger charge is -2.06. The van der Waals surface area contributed by atoms with E-state index in [1.54, 1.807) is 31.2 Å². The summed E-state index contributed by atoms with van der Waals surface area (Å²) in [5.74, 6) is -0.705. The molecular formula is C14H11BrFNO. The standard InChI is InChI=1S/C14H11BrFNO/c1-8-4-9(6-11(16)5-8)14(18)12-7-10(15)2-3-13(12)17/h2-7H,17H2,1H3. The van der Waals surface area contributed by atoms with Crippen molar-refractivity contribution in [1.82, 2.24) is 0 Å². The SMILES string of the molecule is Cc1cc(F)cc(C(=O)c2cc(Br)ccc2N)c1. The van der Waals surface area contributed by atoms with Gasteiger partial charge in [0.25, 0.3) is 0 Å². The van der Waals surface area contributed by atoms with Crippen LogP contribution < -0.4 is 5.73 Å². The lowest BCUT2D eigenvalue weighted by atomic mass is 10.0. The van der Waals surface area contributed by atoms with Gasteiger partial charge in [-0.3, -0.25) is 4.79 Å². The number of carbonyl (C=O) groups is 1. The van der Waals surface area contributed by atoms with Gasteiger partial charge in [0.15, 0.2) is 5.78 Å². The fourth-order valence-corrected chi connectivity index (χ4v) is 2.11. The van der Waals surface area contributed by atoms with Crippen LogP contribution in [0, 0.1) is 12.7 Å². The summed E-state index contributed by atoms with van der Waals surface area (Å²) < 4.78 is 14.0. The molecule has 2 nitrogen and oxygen atoms in total. The minimum absolute atomic E-state index is 0.281. The third kappa shape index (κ3) is 2.59. The lowest BCUT2D eigenvalue weighted by molar-refractivity contribution is 0.103. The summed E-state index contributed by atoms with van der Waals surface area (Å²) in [4.78, 5) is 12.3. The van der Waals surface area contributed by atoms with Crippen LogP contribution in [-0.4, -0.2) is 5.78 Å². The Morgan fingerprint density at radius 2 is 1.94 bits per heavy atom. The van der Waals surface area contributed by atoms with Crippen molar-refractivity contribution in [3.8, 4) is 0 Å². The maximum atomic E-state index is 13.3. The van der Waals surface area contributed by atoms with Gasteiger partial charge in [0, 0.05) is 21.3 Å². The van der Waals surface area contributed by atoms with Gasteiger partial charge in [-0.15, -0.1) is 0 Å². The normalized spacial score (nSPS) is 10.4. The second kappa shape index (κ2) is 4.90. The molecule has 0 aliphatic carbocycles. The van der Waals surface area contributed by atoms with E-state index in [1.165, 1.54) is 12.1 Å². The predicted molar refractivity (Wildman–Crippen MR) is 73.1 cm³/mol. The van der Waals surface area contributed by atoms with Gasteiger partial charge in [-0.2, -0.15) is 0 Å². The molecule has 4 heteroatoms. The van der Waals surface area contributed by atoms with Crippen molar-refractivity contribution in [3.05, 3.63) is 63.4 Å². The zero-order valence-corrected chi connectivity index (χ0v) is 11.3. The molecule has 0 spiro atoms. The fourth-order valence-electron chi connectivity index (χ4n) is 1.75. The van der Waals surface area contributed by atoms with E-state index in [-0.39, 0.29) is 5.78 Å². The molecule has 2 aromatic carbocycles. The molecule has 0 fully saturated rings. The molecule has 0 radical (unpaired) electrons. The Kier molecular flexibility index (Phi) is 3.48. The highest BCUT2D eigenvalue weighted by molar-refractivity contribution is 9.10. The number of rotatable bonds is 2. The Morgan fingerprint density at radius 1 is 1.22 bits per heavy atom. The van der Waals surface area contributed by atoms with Gasteiger partial charge in [0.1, 0.15) is 5.82 Å². The summed E-state index contributed by atoms with van der Waals surface area (Å²) in [5.41, 5.74) is 7.52. The second-order valence-electron chi connectivity index (χ2n) is 4.08. The third-order valence-electron chi connectivity index (χ3n) is 2.56. The third-order valence-corrected chi connectivity index (χ3v) is 3.06. The molecule has 0 aliphatic rings. The van der Waals surface area contributed by atoms with Gasteiger partial charge in [0.05, 0.1) is 0 Å². The van der Waals surface area contributed by atoms with E-state index in [2.05, 4.69) is 15.9 Å². The van der Waals surface area contributed by atoms with Gasteiger partial charge in [0.2, 0.25) is 0 Å². The van der Waals surface area contributed by atoms with E-state index in [4.69, 9.17) is 5.73 Å². The Bertz CT molecular complexity index is 605. The topological polar surface area (TPSA) is 43.1 Å². The molecule has 2 aromatic rings. The van der Waals surface area contributed by atoms with Gasteiger partial charge in [-0.05, 0) is 48.9 Å². The maximum Gasteiger partial charge on any atom is 0.195 e. The molecule has 92 valence electrons. The number of halogens is 2. The van der Waals surface area contributed by atoms with Crippen LogP contribution in [0.15, 0.2) is 40.9 Å². The number of anilines is 1. The summed E-state index contributed by atoms with van der Waals surface area (Å²) >= 11 is 3.28. The van der Waals surface area contributed by atoms with Gasteiger partial charge in [-0.25, -0.2) is 4.39 Å². The van der Waals surface area contributed by atoms with E-state index in [0.717, 1.165) is 4.47 Å². The zero-order chi connectivity index (χ0) is 13.3. The van der Waals surface area contributed by atoms with Crippen LogP contribution >= 0.6 is 15.9 Å². The molecule has 18 heavy (non-hydrogen) atoms. The summed E-state index contributed by atoms with van der Waals surface area (Å²) in [6.45, 7) is 1.74. The van der Waals surface area contributed by atoms with E-state index in [1.807, 2.05) is 0 Å². The molecule has 0 bridgehead atoms. The molecule has 0 saturated heterocycles. The number of nitrogens with two attached hydrogens (primary N) is 1. The van der Waals surface area contributed by atoms with E-state index < -0.39 is 5.82 Å². The van der Waals surface area contributed by atoms with Crippen molar-refractivity contribution < 1.29 is 9.18 Å². The zero-order valence-electron chi connectivity index (χ0n) is 9.71. The lowest BCUT2D eigenvalue weighted by Crippen LogP contribution is -2.06. The first-order valence-corrected chi connectivity index (χ1v) is 6.13. The first-order valence-electron chi connectivity index (χ1n) is 5.34. The summed E-state index contributed by atoms with van der Waals surface area (Å²) in [7, 11) is 0. The van der Waals surface area contributed by atoms with Crippen LogP contribution in [0.1, 0.15) is 21.5 Å². The number of carbonyl (C=O) groups excluding carboxylic acids is 1. The molecule has 0 heterocycles. The Morgan fingerprint density at radius 3 is 2.61 bits per heavy atom. The van der Waals surface area contributed by atoms with Crippen LogP contribution in [0.5, 0.6) is 0 Å². The van der Waals surface area contributed by atoms with Crippen LogP contribution in [0.25, 0.3) is 0 Å². The van der Waals surface area contributed by atoms with Gasteiger partial charge < -0.3 is 5.73 Å². The number of hydrogen-bond donors (Lipinski definition) is 1. The predicted octanol–water partition coefficient (Wildman–Crippen LogP) is 3.71. The minimum atomic E-state index is -0.424. The Balaban J connectivity index is 2.51. The second-order valence-corrected chi connectivity index (χ2v) is 4.99. The van der Waals surface area contributed by atoms with Crippen molar-refractivity contribution in [1.29, 1.82) is 0 Å². The largest absolute Gasteiger partial charge is 0.398 e. The van der Waals surface area contributed by atoms with Gasteiger partial charge in [-0.1, -0.05) is 15.9 Å². The molecule has 0 unspecified atom stereocenters. The highest BCUT2D eigenvalue weighted by atomic mass is 79.9. The number of nitrogen functional groups attached to an aromatic ring is 1. The first kappa shape index (κ1) is 12.8. The van der Waals surface area contributed by atoms with E-state index in [9.17, 15) is 9.18 Å². The molecule has 0 amide bonds. The van der Waals surface area contributed by atoms with Crippen LogP contribution in [0.4, 0.5) is 10.1 Å². The number of aryl methyl sites for hydroxylation is 1. The summed E-state index contributed by atoms with van der Waals surface area (Å²) in [6.07, 6.45) is 0. The average molecular weight is 308 g/mol. The fraction of sp³-hybridized carbons (Fsp3) is 0.0714.